The third-order valence-corrected chi connectivity index (χ3v) is 4.17. The normalized spacial score (nSPS) is 18.4. The average Bonchev–Trinajstić information content (AvgIpc) is 2.73. The third kappa shape index (κ3) is 5.29. The zero-order valence-electron chi connectivity index (χ0n) is 11.3. The number of nitrogens with zero attached hydrogens (tertiary/aromatic N) is 1. The van der Waals surface area contributed by atoms with Crippen LogP contribution >= 0.6 is 0 Å². The van der Waals surface area contributed by atoms with Gasteiger partial charge in [-0.25, -0.2) is 0 Å². The van der Waals surface area contributed by atoms with Crippen molar-refractivity contribution in [3.05, 3.63) is 0 Å². The summed E-state index contributed by atoms with van der Waals surface area (Å²) >= 11 is 0. The topological polar surface area (TPSA) is 0 Å². The van der Waals surface area contributed by atoms with Crippen LogP contribution in [-0.4, -0.2) is 30.7 Å². The SMILES string of the molecule is CCCCCCCC[N+]1(CC)CCCC1.[F-]. The van der Waals surface area contributed by atoms with Crippen LogP contribution in [0.25, 0.3) is 0 Å². The van der Waals surface area contributed by atoms with Crippen molar-refractivity contribution in [2.45, 2.75) is 65.2 Å². The molecule has 1 nitrogen and oxygen atoms in total. The Morgan fingerprint density at radius 1 is 0.812 bits per heavy atom. The van der Waals surface area contributed by atoms with Crippen LogP contribution in [0.5, 0.6) is 0 Å². The maximum atomic E-state index is 2.38. The van der Waals surface area contributed by atoms with Crippen LogP contribution in [-0.2, 0) is 0 Å². The lowest BCUT2D eigenvalue weighted by Crippen LogP contribution is -3.00. The van der Waals surface area contributed by atoms with E-state index in [0.29, 0.717) is 0 Å². The summed E-state index contributed by atoms with van der Waals surface area (Å²) in [5, 5.41) is 0. The largest absolute Gasteiger partial charge is 1.00 e. The number of quaternary nitrogens is 1. The van der Waals surface area contributed by atoms with E-state index in [9.17, 15) is 0 Å². The molecule has 0 unspecified atom stereocenters. The Bertz CT molecular complexity index is 153. The molecule has 0 radical (unpaired) electrons. The number of rotatable bonds is 8. The first-order valence-corrected chi connectivity index (χ1v) is 7.18. The van der Waals surface area contributed by atoms with Crippen molar-refractivity contribution >= 4 is 0 Å². The minimum absolute atomic E-state index is 0. The van der Waals surface area contributed by atoms with E-state index in [-0.39, 0.29) is 4.70 Å². The third-order valence-electron chi connectivity index (χ3n) is 4.17. The lowest BCUT2D eigenvalue weighted by atomic mass is 10.1. The van der Waals surface area contributed by atoms with Crippen LogP contribution < -0.4 is 4.70 Å². The molecule has 0 amide bonds. The highest BCUT2D eigenvalue weighted by Crippen LogP contribution is 2.20. The van der Waals surface area contributed by atoms with Gasteiger partial charge in [-0.3, -0.25) is 0 Å². The van der Waals surface area contributed by atoms with Gasteiger partial charge in [-0.05, 0) is 19.8 Å². The Morgan fingerprint density at radius 2 is 1.38 bits per heavy atom. The van der Waals surface area contributed by atoms with Crippen LogP contribution in [0.1, 0.15) is 65.2 Å². The second-order valence-electron chi connectivity index (χ2n) is 5.30. The molecule has 0 saturated carbocycles. The lowest BCUT2D eigenvalue weighted by molar-refractivity contribution is -0.915. The summed E-state index contributed by atoms with van der Waals surface area (Å²) in [7, 11) is 0. The molecule has 0 aromatic heterocycles. The molecular formula is C14H30FN. The molecule has 1 fully saturated rings. The molecule has 0 N–H and O–H groups in total. The molecule has 2 heteroatoms. The van der Waals surface area contributed by atoms with Crippen molar-refractivity contribution in [3.8, 4) is 0 Å². The van der Waals surface area contributed by atoms with E-state index in [2.05, 4.69) is 13.8 Å². The van der Waals surface area contributed by atoms with E-state index in [0.717, 1.165) is 0 Å². The van der Waals surface area contributed by atoms with Crippen LogP contribution in [0.3, 0.4) is 0 Å². The Kier molecular flexibility index (Phi) is 8.91. The minimum Gasteiger partial charge on any atom is -1.00 e. The van der Waals surface area contributed by atoms with Gasteiger partial charge in [-0.2, -0.15) is 0 Å². The number of likely N-dealkylation sites (tertiary alicyclic amines) is 1. The molecule has 1 heterocycles. The van der Waals surface area contributed by atoms with Gasteiger partial charge in [0.25, 0.3) is 0 Å². The second-order valence-corrected chi connectivity index (χ2v) is 5.30. The van der Waals surface area contributed by atoms with E-state index < -0.39 is 0 Å². The van der Waals surface area contributed by atoms with Crippen molar-refractivity contribution in [1.29, 1.82) is 0 Å². The van der Waals surface area contributed by atoms with Gasteiger partial charge in [-0.15, -0.1) is 0 Å². The molecule has 0 spiro atoms. The van der Waals surface area contributed by atoms with Crippen LogP contribution in [0.2, 0.25) is 0 Å². The standard InChI is InChI=1S/C14H30N.FH/c1-3-5-6-7-8-9-12-15(4-2)13-10-11-14-15;/h3-14H2,1-2H3;1H/q+1;/p-1. The first-order valence-electron chi connectivity index (χ1n) is 7.18. The van der Waals surface area contributed by atoms with Gasteiger partial charge in [0.2, 0.25) is 0 Å². The molecule has 1 saturated heterocycles. The average molecular weight is 231 g/mol. The predicted octanol–water partition coefficient (Wildman–Crippen LogP) is 0.981. The van der Waals surface area contributed by atoms with Crippen molar-refractivity contribution in [2.75, 3.05) is 26.2 Å². The van der Waals surface area contributed by atoms with E-state index >= 15 is 0 Å². The lowest BCUT2D eigenvalue weighted by Gasteiger charge is -2.33. The van der Waals surface area contributed by atoms with Gasteiger partial charge < -0.3 is 9.19 Å². The fourth-order valence-corrected chi connectivity index (χ4v) is 2.93. The molecule has 16 heavy (non-hydrogen) atoms. The highest BCUT2D eigenvalue weighted by atomic mass is 19.0. The van der Waals surface area contributed by atoms with E-state index in [1.807, 2.05) is 0 Å². The van der Waals surface area contributed by atoms with Gasteiger partial charge in [0.15, 0.2) is 0 Å². The number of unbranched alkanes of at least 4 members (excludes halogenated alkanes) is 5. The summed E-state index contributed by atoms with van der Waals surface area (Å²) in [4.78, 5) is 0. The summed E-state index contributed by atoms with van der Waals surface area (Å²) < 4.78 is 1.44. The number of hydrogen-bond donors (Lipinski definition) is 0. The summed E-state index contributed by atoms with van der Waals surface area (Å²) in [5.74, 6) is 0. The summed E-state index contributed by atoms with van der Waals surface area (Å²) in [6.07, 6.45) is 11.6. The smallest absolute Gasteiger partial charge is 0.0788 e. The number of halogens is 1. The highest BCUT2D eigenvalue weighted by molar-refractivity contribution is 4.54. The Balaban J connectivity index is 0.00000225. The molecule has 0 aromatic rings. The molecule has 0 bridgehead atoms. The molecule has 0 atom stereocenters. The molecular weight excluding hydrogens is 201 g/mol. The first-order chi connectivity index (χ1) is 7.33. The van der Waals surface area contributed by atoms with Gasteiger partial charge in [0, 0.05) is 12.8 Å². The van der Waals surface area contributed by atoms with Gasteiger partial charge in [-0.1, -0.05) is 32.6 Å². The summed E-state index contributed by atoms with van der Waals surface area (Å²) in [5.41, 5.74) is 0. The zero-order chi connectivity index (χ0) is 11.0. The maximum absolute atomic E-state index is 2.38. The Hall–Kier alpha value is -0.110. The van der Waals surface area contributed by atoms with Crippen LogP contribution in [0, 0.1) is 0 Å². The zero-order valence-corrected chi connectivity index (χ0v) is 11.3. The van der Waals surface area contributed by atoms with Crippen molar-refractivity contribution in [3.63, 3.8) is 0 Å². The highest BCUT2D eigenvalue weighted by Gasteiger charge is 2.28. The summed E-state index contributed by atoms with van der Waals surface area (Å²) in [6, 6.07) is 0. The van der Waals surface area contributed by atoms with Crippen LogP contribution in [0.4, 0.5) is 0 Å². The molecule has 1 rings (SSSR count). The molecule has 1 aliphatic heterocycles. The molecule has 98 valence electrons. The monoisotopic (exact) mass is 231 g/mol. The van der Waals surface area contributed by atoms with Crippen LogP contribution in [0.15, 0.2) is 0 Å². The van der Waals surface area contributed by atoms with Gasteiger partial charge in [0.1, 0.15) is 0 Å². The van der Waals surface area contributed by atoms with Gasteiger partial charge >= 0.3 is 0 Å². The van der Waals surface area contributed by atoms with Gasteiger partial charge in [0.05, 0.1) is 26.2 Å². The minimum atomic E-state index is 0. The molecule has 0 aromatic carbocycles. The maximum Gasteiger partial charge on any atom is 0.0788 e. The fourth-order valence-electron chi connectivity index (χ4n) is 2.93. The van der Waals surface area contributed by atoms with Crippen molar-refractivity contribution in [2.24, 2.45) is 0 Å². The van der Waals surface area contributed by atoms with E-state index in [1.165, 1.54) is 82.0 Å². The molecule has 1 aliphatic rings. The Morgan fingerprint density at radius 3 is 1.94 bits per heavy atom. The quantitative estimate of drug-likeness (QED) is 0.431. The first kappa shape index (κ1) is 15.9. The van der Waals surface area contributed by atoms with Crippen molar-refractivity contribution in [1.82, 2.24) is 0 Å². The Labute approximate surface area is 101 Å². The van der Waals surface area contributed by atoms with E-state index in [4.69, 9.17) is 0 Å². The molecule has 0 aliphatic carbocycles. The number of hydrogen-bond acceptors (Lipinski definition) is 0. The predicted molar refractivity (Wildman–Crippen MR) is 68.0 cm³/mol. The van der Waals surface area contributed by atoms with Crippen molar-refractivity contribution < 1.29 is 9.19 Å². The van der Waals surface area contributed by atoms with E-state index in [1.54, 1.807) is 0 Å². The summed E-state index contributed by atoms with van der Waals surface area (Å²) in [6.45, 7) is 10.4. The fraction of sp³-hybridized carbons (Fsp3) is 1.00. The second kappa shape index (κ2) is 8.98.